The first-order chi connectivity index (χ1) is 7.49. The number of hydrogen-bond donors (Lipinski definition) is 1. The van der Waals surface area contributed by atoms with Gasteiger partial charge in [-0.25, -0.2) is 9.97 Å². The molecule has 0 radical (unpaired) electrons. The Labute approximate surface area is 102 Å². The summed E-state index contributed by atoms with van der Waals surface area (Å²) < 4.78 is 0. The van der Waals surface area contributed by atoms with Gasteiger partial charge in [-0.3, -0.25) is 0 Å². The van der Waals surface area contributed by atoms with Crippen LogP contribution < -0.4 is 5.73 Å². The molecular formula is C12H21N3S. The number of nitrogens with two attached hydrogens (primary N) is 1. The predicted octanol–water partition coefficient (Wildman–Crippen LogP) is 3.07. The van der Waals surface area contributed by atoms with Crippen LogP contribution in [0.15, 0.2) is 6.07 Å². The molecule has 0 saturated heterocycles. The third-order valence-electron chi connectivity index (χ3n) is 2.09. The normalized spacial score (nSPS) is 11.4. The Balaban J connectivity index is 2.65. The molecule has 1 aromatic heterocycles. The van der Waals surface area contributed by atoms with Gasteiger partial charge in [0.15, 0.2) is 0 Å². The number of hydrogen-bond acceptors (Lipinski definition) is 4. The fraction of sp³-hybridized carbons (Fsp3) is 0.667. The van der Waals surface area contributed by atoms with Crippen LogP contribution in [0.4, 0.5) is 5.82 Å². The van der Waals surface area contributed by atoms with Crippen LogP contribution in [-0.2, 0) is 5.75 Å². The first-order valence-corrected chi connectivity index (χ1v) is 6.85. The number of thioether (sulfide) groups is 1. The number of anilines is 1. The minimum atomic E-state index is 0.402. The second-order valence-corrected chi connectivity index (χ2v) is 5.73. The maximum Gasteiger partial charge on any atom is 0.140 e. The highest BCUT2D eigenvalue weighted by molar-refractivity contribution is 7.98. The van der Waals surface area contributed by atoms with Crippen LogP contribution in [0.25, 0.3) is 0 Å². The fourth-order valence-electron chi connectivity index (χ4n) is 1.29. The van der Waals surface area contributed by atoms with Crippen LogP contribution >= 0.6 is 11.8 Å². The van der Waals surface area contributed by atoms with Gasteiger partial charge < -0.3 is 5.73 Å². The Morgan fingerprint density at radius 1 is 1.25 bits per heavy atom. The van der Waals surface area contributed by atoms with E-state index in [1.165, 1.54) is 0 Å². The highest BCUT2D eigenvalue weighted by Crippen LogP contribution is 2.17. The van der Waals surface area contributed by atoms with Crippen molar-refractivity contribution in [3.05, 3.63) is 17.6 Å². The van der Waals surface area contributed by atoms with Gasteiger partial charge in [0.25, 0.3) is 0 Å². The van der Waals surface area contributed by atoms with Gasteiger partial charge in [-0.2, -0.15) is 11.8 Å². The zero-order valence-corrected chi connectivity index (χ0v) is 11.3. The van der Waals surface area contributed by atoms with E-state index in [2.05, 4.69) is 37.7 Å². The topological polar surface area (TPSA) is 51.8 Å². The summed E-state index contributed by atoms with van der Waals surface area (Å²) in [7, 11) is 0. The smallest absolute Gasteiger partial charge is 0.140 e. The quantitative estimate of drug-likeness (QED) is 0.858. The largest absolute Gasteiger partial charge is 0.384 e. The molecule has 4 heteroatoms. The summed E-state index contributed by atoms with van der Waals surface area (Å²) in [5.74, 6) is 4.53. The monoisotopic (exact) mass is 239 g/mol. The van der Waals surface area contributed by atoms with Crippen molar-refractivity contribution in [1.29, 1.82) is 0 Å². The maximum atomic E-state index is 5.77. The summed E-state index contributed by atoms with van der Waals surface area (Å²) in [6, 6.07) is 1.86. The average molecular weight is 239 g/mol. The Hall–Kier alpha value is -0.770. The first-order valence-electron chi connectivity index (χ1n) is 5.70. The minimum absolute atomic E-state index is 0.402. The van der Waals surface area contributed by atoms with Crippen LogP contribution in [0.5, 0.6) is 0 Å². The zero-order valence-electron chi connectivity index (χ0n) is 10.5. The van der Waals surface area contributed by atoms with E-state index < -0.39 is 0 Å². The molecule has 16 heavy (non-hydrogen) atoms. The Bertz CT molecular complexity index is 337. The molecule has 0 aromatic carbocycles. The molecule has 0 aliphatic heterocycles. The summed E-state index contributed by atoms with van der Waals surface area (Å²) in [4.78, 5) is 8.78. The highest BCUT2D eigenvalue weighted by Gasteiger charge is 2.06. The Morgan fingerprint density at radius 3 is 2.50 bits per heavy atom. The van der Waals surface area contributed by atoms with Crippen molar-refractivity contribution < 1.29 is 0 Å². The zero-order chi connectivity index (χ0) is 12.1. The second-order valence-electron chi connectivity index (χ2n) is 4.70. The van der Waals surface area contributed by atoms with E-state index in [0.717, 1.165) is 23.0 Å². The SMILES string of the molecule is CC(C)CSCc1nc(N)cc(C(C)C)n1. The summed E-state index contributed by atoms with van der Waals surface area (Å²) in [5.41, 5.74) is 6.80. The molecule has 0 bridgehead atoms. The third-order valence-corrected chi connectivity index (χ3v) is 3.45. The Morgan fingerprint density at radius 2 is 1.94 bits per heavy atom. The van der Waals surface area contributed by atoms with E-state index in [1.54, 1.807) is 0 Å². The molecule has 0 aliphatic carbocycles. The van der Waals surface area contributed by atoms with Gasteiger partial charge in [-0.05, 0) is 17.6 Å². The van der Waals surface area contributed by atoms with Gasteiger partial charge in [0.1, 0.15) is 11.6 Å². The average Bonchev–Trinajstić information content (AvgIpc) is 2.16. The summed E-state index contributed by atoms with van der Waals surface area (Å²) >= 11 is 1.86. The molecule has 0 atom stereocenters. The molecular weight excluding hydrogens is 218 g/mol. The van der Waals surface area contributed by atoms with Gasteiger partial charge in [-0.1, -0.05) is 27.7 Å². The number of nitrogens with zero attached hydrogens (tertiary/aromatic N) is 2. The molecule has 0 amide bonds. The molecule has 1 rings (SSSR count). The lowest BCUT2D eigenvalue weighted by Gasteiger charge is -2.08. The molecule has 1 heterocycles. The van der Waals surface area contributed by atoms with Crippen LogP contribution in [0.3, 0.4) is 0 Å². The van der Waals surface area contributed by atoms with Crippen molar-refractivity contribution in [2.75, 3.05) is 11.5 Å². The molecule has 0 aliphatic rings. The van der Waals surface area contributed by atoms with Gasteiger partial charge in [-0.15, -0.1) is 0 Å². The van der Waals surface area contributed by atoms with Crippen LogP contribution in [0, 0.1) is 5.92 Å². The van der Waals surface area contributed by atoms with Gasteiger partial charge in [0, 0.05) is 11.8 Å². The van der Waals surface area contributed by atoms with Crippen molar-refractivity contribution in [3.63, 3.8) is 0 Å². The van der Waals surface area contributed by atoms with E-state index >= 15 is 0 Å². The van der Waals surface area contributed by atoms with E-state index in [-0.39, 0.29) is 0 Å². The van der Waals surface area contributed by atoms with Crippen LogP contribution in [0.1, 0.15) is 45.1 Å². The van der Waals surface area contributed by atoms with Crippen LogP contribution in [0.2, 0.25) is 0 Å². The van der Waals surface area contributed by atoms with Crippen molar-refractivity contribution in [2.24, 2.45) is 5.92 Å². The van der Waals surface area contributed by atoms with Gasteiger partial charge in [0.05, 0.1) is 5.75 Å². The van der Waals surface area contributed by atoms with Gasteiger partial charge >= 0.3 is 0 Å². The lowest BCUT2D eigenvalue weighted by molar-refractivity contribution is 0.749. The number of aromatic nitrogens is 2. The van der Waals surface area contributed by atoms with E-state index in [1.807, 2.05) is 17.8 Å². The summed E-state index contributed by atoms with van der Waals surface area (Å²) in [6.07, 6.45) is 0. The molecule has 1 aromatic rings. The van der Waals surface area contributed by atoms with Gasteiger partial charge in [0.2, 0.25) is 0 Å². The predicted molar refractivity (Wildman–Crippen MR) is 71.5 cm³/mol. The van der Waals surface area contributed by atoms with E-state index in [9.17, 15) is 0 Å². The maximum absolute atomic E-state index is 5.77. The Kier molecular flexibility index (Phi) is 5.06. The molecule has 2 N–H and O–H groups in total. The molecule has 0 spiro atoms. The number of rotatable bonds is 5. The second kappa shape index (κ2) is 6.09. The van der Waals surface area contributed by atoms with E-state index in [0.29, 0.717) is 17.7 Å². The van der Waals surface area contributed by atoms with Crippen molar-refractivity contribution in [1.82, 2.24) is 9.97 Å². The third kappa shape index (κ3) is 4.39. The molecule has 0 fully saturated rings. The number of nitrogen functional groups attached to an aromatic ring is 1. The van der Waals surface area contributed by atoms with Crippen molar-refractivity contribution >= 4 is 17.6 Å². The van der Waals surface area contributed by atoms with Crippen molar-refractivity contribution in [3.8, 4) is 0 Å². The lowest BCUT2D eigenvalue weighted by atomic mass is 10.1. The summed E-state index contributed by atoms with van der Waals surface area (Å²) in [5, 5.41) is 0. The molecule has 90 valence electrons. The van der Waals surface area contributed by atoms with Crippen LogP contribution in [-0.4, -0.2) is 15.7 Å². The molecule has 3 nitrogen and oxygen atoms in total. The van der Waals surface area contributed by atoms with E-state index in [4.69, 9.17) is 5.73 Å². The first kappa shape index (κ1) is 13.3. The highest BCUT2D eigenvalue weighted by atomic mass is 32.2. The lowest BCUT2D eigenvalue weighted by Crippen LogP contribution is -2.04. The van der Waals surface area contributed by atoms with Crippen molar-refractivity contribution in [2.45, 2.75) is 39.4 Å². The molecule has 0 saturated carbocycles. The standard InChI is InChI=1S/C12H21N3S/c1-8(2)6-16-7-12-14-10(9(3)4)5-11(13)15-12/h5,8-9H,6-7H2,1-4H3,(H2,13,14,15). The minimum Gasteiger partial charge on any atom is -0.384 e. The summed E-state index contributed by atoms with van der Waals surface area (Å²) in [6.45, 7) is 8.67. The molecule has 0 unspecified atom stereocenters. The fourth-order valence-corrected chi connectivity index (χ4v) is 2.19.